The molecule has 2 fully saturated rings. The molecule has 4 heterocycles. The lowest BCUT2D eigenvalue weighted by atomic mass is 10.3. The van der Waals surface area contributed by atoms with Gasteiger partial charge in [0.15, 0.2) is 0 Å². The van der Waals surface area contributed by atoms with E-state index in [1.165, 1.54) is 0 Å². The molecule has 2 saturated heterocycles. The number of carbonyl (C=O) groups is 1. The summed E-state index contributed by atoms with van der Waals surface area (Å²) in [4.78, 5) is 24.3. The fourth-order valence-electron chi connectivity index (χ4n) is 3.23. The molecule has 0 N–H and O–H groups in total. The van der Waals surface area contributed by atoms with E-state index in [4.69, 9.17) is 9.26 Å². The highest BCUT2D eigenvalue weighted by atomic mass is 32.1. The standard InChI is InChI=1S/C17H23N5O3S/c23-16(22-7-9-24-10-8-22)13-21-5-3-20(4-6-21)12-15-18-17(19-25-15)14-2-1-11-26-14/h1-2,11H,3-10,12-13H2. The number of nitrogens with zero attached hydrogens (tertiary/aromatic N) is 5. The van der Waals surface area contributed by atoms with Crippen molar-refractivity contribution in [3.63, 3.8) is 0 Å². The Morgan fingerprint density at radius 2 is 1.88 bits per heavy atom. The molecule has 0 aliphatic carbocycles. The quantitative estimate of drug-likeness (QED) is 0.762. The number of piperazine rings is 1. The van der Waals surface area contributed by atoms with Crippen LogP contribution < -0.4 is 0 Å². The largest absolute Gasteiger partial charge is 0.378 e. The summed E-state index contributed by atoms with van der Waals surface area (Å²) in [5.41, 5.74) is 0. The van der Waals surface area contributed by atoms with Gasteiger partial charge in [0.05, 0.1) is 31.2 Å². The number of ether oxygens (including phenoxy) is 1. The van der Waals surface area contributed by atoms with E-state index in [1.807, 2.05) is 22.4 Å². The minimum absolute atomic E-state index is 0.208. The van der Waals surface area contributed by atoms with Gasteiger partial charge in [-0.2, -0.15) is 4.98 Å². The molecular formula is C17H23N5O3S. The number of hydrogen-bond acceptors (Lipinski definition) is 8. The summed E-state index contributed by atoms with van der Waals surface area (Å²) >= 11 is 1.60. The minimum Gasteiger partial charge on any atom is -0.378 e. The first-order valence-electron chi connectivity index (χ1n) is 8.94. The molecule has 0 radical (unpaired) electrons. The van der Waals surface area contributed by atoms with Crippen LogP contribution in [0.4, 0.5) is 0 Å². The number of aromatic nitrogens is 2. The van der Waals surface area contributed by atoms with Crippen molar-refractivity contribution in [2.75, 3.05) is 59.0 Å². The van der Waals surface area contributed by atoms with Crippen LogP contribution in [-0.4, -0.2) is 89.8 Å². The van der Waals surface area contributed by atoms with Crippen molar-refractivity contribution >= 4 is 17.2 Å². The van der Waals surface area contributed by atoms with Crippen LogP contribution in [0.25, 0.3) is 10.7 Å². The summed E-state index contributed by atoms with van der Waals surface area (Å²) in [6.07, 6.45) is 0. The second kappa shape index (κ2) is 8.26. The highest BCUT2D eigenvalue weighted by molar-refractivity contribution is 7.13. The Morgan fingerprint density at radius 3 is 2.62 bits per heavy atom. The molecule has 2 aliphatic rings. The van der Waals surface area contributed by atoms with Crippen molar-refractivity contribution in [1.82, 2.24) is 24.8 Å². The normalized spacial score (nSPS) is 19.8. The third-order valence-corrected chi connectivity index (χ3v) is 5.62. The molecule has 9 heteroatoms. The number of hydrogen-bond donors (Lipinski definition) is 0. The van der Waals surface area contributed by atoms with Crippen molar-refractivity contribution in [2.24, 2.45) is 0 Å². The summed E-state index contributed by atoms with van der Waals surface area (Å²) in [5, 5.41) is 6.06. The Bertz CT molecular complexity index is 706. The molecule has 0 atom stereocenters. The van der Waals surface area contributed by atoms with Gasteiger partial charge < -0.3 is 14.2 Å². The zero-order valence-corrected chi connectivity index (χ0v) is 15.5. The highest BCUT2D eigenvalue weighted by Crippen LogP contribution is 2.21. The van der Waals surface area contributed by atoms with Gasteiger partial charge in [0.1, 0.15) is 0 Å². The lowest BCUT2D eigenvalue weighted by Crippen LogP contribution is -2.51. The van der Waals surface area contributed by atoms with E-state index in [-0.39, 0.29) is 5.91 Å². The van der Waals surface area contributed by atoms with Crippen LogP contribution in [0.3, 0.4) is 0 Å². The lowest BCUT2D eigenvalue weighted by molar-refractivity contribution is -0.136. The van der Waals surface area contributed by atoms with Crippen LogP contribution in [0.2, 0.25) is 0 Å². The van der Waals surface area contributed by atoms with E-state index in [0.717, 1.165) is 31.1 Å². The van der Waals surface area contributed by atoms with Crippen molar-refractivity contribution in [1.29, 1.82) is 0 Å². The lowest BCUT2D eigenvalue weighted by Gasteiger charge is -2.35. The Kier molecular flexibility index (Phi) is 5.59. The minimum atomic E-state index is 0.208. The Morgan fingerprint density at radius 1 is 1.12 bits per heavy atom. The van der Waals surface area contributed by atoms with Crippen LogP contribution >= 0.6 is 11.3 Å². The van der Waals surface area contributed by atoms with E-state index < -0.39 is 0 Å². The van der Waals surface area contributed by atoms with Gasteiger partial charge in [0.2, 0.25) is 17.6 Å². The predicted molar refractivity (Wildman–Crippen MR) is 96.7 cm³/mol. The number of morpholine rings is 1. The molecule has 0 bridgehead atoms. The average Bonchev–Trinajstić information content (AvgIpc) is 3.36. The van der Waals surface area contributed by atoms with E-state index >= 15 is 0 Å². The van der Waals surface area contributed by atoms with Crippen LogP contribution in [0.15, 0.2) is 22.0 Å². The third kappa shape index (κ3) is 4.29. The molecule has 0 aromatic carbocycles. The zero-order chi connectivity index (χ0) is 17.8. The summed E-state index contributed by atoms with van der Waals surface area (Å²) in [6, 6.07) is 3.97. The first-order valence-corrected chi connectivity index (χ1v) is 9.82. The molecule has 26 heavy (non-hydrogen) atoms. The maximum Gasteiger partial charge on any atom is 0.241 e. The fourth-order valence-corrected chi connectivity index (χ4v) is 3.88. The molecule has 1 amide bonds. The molecule has 2 aromatic heterocycles. The SMILES string of the molecule is O=C(CN1CCN(Cc2nc(-c3cccs3)no2)CC1)N1CCOCC1. The van der Waals surface area contributed by atoms with Gasteiger partial charge in [0.25, 0.3) is 0 Å². The summed E-state index contributed by atoms with van der Waals surface area (Å²) in [6.45, 7) is 7.42. The van der Waals surface area contributed by atoms with Crippen molar-refractivity contribution < 1.29 is 14.1 Å². The second-order valence-electron chi connectivity index (χ2n) is 6.53. The average molecular weight is 377 g/mol. The van der Waals surface area contributed by atoms with Crippen LogP contribution in [0.1, 0.15) is 5.89 Å². The number of amides is 1. The molecule has 4 rings (SSSR count). The Hall–Kier alpha value is -1.81. The maximum absolute atomic E-state index is 12.3. The van der Waals surface area contributed by atoms with E-state index in [2.05, 4.69) is 19.9 Å². The predicted octanol–water partition coefficient (Wildman–Crippen LogP) is 0.774. The number of thiophene rings is 1. The third-order valence-electron chi connectivity index (χ3n) is 4.76. The molecule has 8 nitrogen and oxygen atoms in total. The first-order chi connectivity index (χ1) is 12.8. The molecule has 140 valence electrons. The van der Waals surface area contributed by atoms with Crippen LogP contribution in [0, 0.1) is 0 Å². The molecule has 2 aliphatic heterocycles. The van der Waals surface area contributed by atoms with Gasteiger partial charge in [-0.25, -0.2) is 0 Å². The number of rotatable bonds is 5. The van der Waals surface area contributed by atoms with Gasteiger partial charge in [-0.3, -0.25) is 14.6 Å². The van der Waals surface area contributed by atoms with Crippen molar-refractivity contribution in [2.45, 2.75) is 6.54 Å². The smallest absolute Gasteiger partial charge is 0.241 e. The first kappa shape index (κ1) is 17.6. The van der Waals surface area contributed by atoms with Gasteiger partial charge in [-0.15, -0.1) is 11.3 Å². The molecule has 0 saturated carbocycles. The maximum atomic E-state index is 12.3. The Balaban J connectivity index is 1.23. The van der Waals surface area contributed by atoms with Crippen molar-refractivity contribution in [3.05, 3.63) is 23.4 Å². The zero-order valence-electron chi connectivity index (χ0n) is 14.7. The second-order valence-corrected chi connectivity index (χ2v) is 7.48. The van der Waals surface area contributed by atoms with Gasteiger partial charge in [-0.05, 0) is 11.4 Å². The monoisotopic (exact) mass is 377 g/mol. The van der Waals surface area contributed by atoms with Crippen molar-refractivity contribution in [3.8, 4) is 10.7 Å². The van der Waals surface area contributed by atoms with E-state index in [9.17, 15) is 4.79 Å². The highest BCUT2D eigenvalue weighted by Gasteiger charge is 2.24. The summed E-state index contributed by atoms with van der Waals surface area (Å²) in [7, 11) is 0. The van der Waals surface area contributed by atoms with Gasteiger partial charge in [0, 0.05) is 39.3 Å². The topological polar surface area (TPSA) is 74.9 Å². The van der Waals surface area contributed by atoms with E-state index in [0.29, 0.717) is 51.1 Å². The summed E-state index contributed by atoms with van der Waals surface area (Å²) in [5.74, 6) is 1.51. The van der Waals surface area contributed by atoms with Crippen LogP contribution in [0.5, 0.6) is 0 Å². The molecule has 2 aromatic rings. The Labute approximate surface area is 156 Å². The van der Waals surface area contributed by atoms with E-state index in [1.54, 1.807) is 11.3 Å². The number of carbonyl (C=O) groups excluding carboxylic acids is 1. The summed E-state index contributed by atoms with van der Waals surface area (Å²) < 4.78 is 10.7. The van der Waals surface area contributed by atoms with Gasteiger partial charge in [-0.1, -0.05) is 11.2 Å². The van der Waals surface area contributed by atoms with Gasteiger partial charge >= 0.3 is 0 Å². The molecule has 0 spiro atoms. The fraction of sp³-hybridized carbons (Fsp3) is 0.588. The van der Waals surface area contributed by atoms with Crippen LogP contribution in [-0.2, 0) is 16.1 Å². The molecular weight excluding hydrogens is 354 g/mol. The molecule has 0 unspecified atom stereocenters.